The Morgan fingerprint density at radius 1 is 1.22 bits per heavy atom. The normalized spacial score (nSPS) is 17.7. The minimum Gasteiger partial charge on any atom is -0.493 e. The number of methoxy groups -OCH3 is 2. The van der Waals surface area contributed by atoms with Crippen LogP contribution >= 0.6 is 27.7 Å². The number of amides is 1. The number of ether oxygens (including phenoxy) is 2. The summed E-state index contributed by atoms with van der Waals surface area (Å²) in [5.41, 5.74) is 2.90. The molecule has 1 heterocycles. The Bertz CT molecular complexity index is 868. The molecular formula is C20H21BrN2O3S. The van der Waals surface area contributed by atoms with Crippen LogP contribution in [0.5, 0.6) is 11.5 Å². The average molecular weight is 449 g/mol. The van der Waals surface area contributed by atoms with Crippen molar-refractivity contribution in [1.82, 2.24) is 5.32 Å². The van der Waals surface area contributed by atoms with Crippen LogP contribution in [0.4, 0.5) is 5.69 Å². The molecule has 27 heavy (non-hydrogen) atoms. The van der Waals surface area contributed by atoms with Crippen LogP contribution < -0.4 is 20.1 Å². The number of nitrogens with one attached hydrogen (secondary N) is 2. The van der Waals surface area contributed by atoms with Gasteiger partial charge in [0.25, 0.3) is 5.91 Å². The van der Waals surface area contributed by atoms with Crippen LogP contribution in [0.3, 0.4) is 0 Å². The molecule has 1 aliphatic rings. The zero-order chi connectivity index (χ0) is 19.4. The van der Waals surface area contributed by atoms with Crippen molar-refractivity contribution in [2.75, 3.05) is 19.5 Å². The van der Waals surface area contributed by atoms with Crippen LogP contribution in [-0.2, 0) is 11.2 Å². The maximum atomic E-state index is 12.3. The van der Waals surface area contributed by atoms with Crippen molar-refractivity contribution in [1.29, 1.82) is 0 Å². The van der Waals surface area contributed by atoms with E-state index in [1.54, 1.807) is 14.2 Å². The van der Waals surface area contributed by atoms with Gasteiger partial charge in [-0.25, -0.2) is 0 Å². The number of thioether (sulfide) groups is 1. The molecule has 2 aromatic carbocycles. The van der Waals surface area contributed by atoms with Gasteiger partial charge in [0.1, 0.15) is 0 Å². The first-order valence-electron chi connectivity index (χ1n) is 8.50. The van der Waals surface area contributed by atoms with E-state index in [4.69, 9.17) is 9.47 Å². The lowest BCUT2D eigenvalue weighted by Gasteiger charge is -2.13. The summed E-state index contributed by atoms with van der Waals surface area (Å²) >= 11 is 4.93. The molecule has 1 aliphatic heterocycles. The molecule has 0 unspecified atom stereocenters. The Labute approximate surface area is 171 Å². The van der Waals surface area contributed by atoms with Crippen molar-refractivity contribution in [2.24, 2.45) is 0 Å². The van der Waals surface area contributed by atoms with Crippen molar-refractivity contribution in [3.8, 4) is 11.5 Å². The van der Waals surface area contributed by atoms with Gasteiger partial charge in [-0.15, -0.1) is 0 Å². The first-order valence-corrected chi connectivity index (χ1v) is 10.2. The first kappa shape index (κ1) is 19.6. The van der Waals surface area contributed by atoms with Crippen LogP contribution in [0.25, 0.3) is 6.08 Å². The number of hydrogen-bond donors (Lipinski definition) is 2. The highest BCUT2D eigenvalue weighted by atomic mass is 79.9. The summed E-state index contributed by atoms with van der Waals surface area (Å²) in [4.78, 5) is 13.0. The fraction of sp³-hybridized carbons (Fsp3) is 0.250. The third-order valence-electron chi connectivity index (χ3n) is 4.14. The number of hydrogen-bond acceptors (Lipinski definition) is 5. The third-order valence-corrected chi connectivity index (χ3v) is 5.76. The van der Waals surface area contributed by atoms with Gasteiger partial charge in [0, 0.05) is 5.69 Å². The van der Waals surface area contributed by atoms with Crippen molar-refractivity contribution in [2.45, 2.75) is 18.8 Å². The lowest BCUT2D eigenvalue weighted by atomic mass is 10.1. The molecule has 0 saturated carbocycles. The van der Waals surface area contributed by atoms with E-state index < -0.39 is 0 Å². The molecule has 2 aromatic rings. The van der Waals surface area contributed by atoms with Crippen LogP contribution in [0, 0.1) is 0 Å². The van der Waals surface area contributed by atoms with Gasteiger partial charge in [-0.05, 0) is 63.8 Å². The zero-order valence-corrected chi connectivity index (χ0v) is 17.7. The molecule has 1 amide bonds. The summed E-state index contributed by atoms with van der Waals surface area (Å²) < 4.78 is 11.5. The van der Waals surface area contributed by atoms with Crippen molar-refractivity contribution in [3.63, 3.8) is 0 Å². The molecule has 0 spiro atoms. The summed E-state index contributed by atoms with van der Waals surface area (Å²) in [6, 6.07) is 12.0. The number of anilines is 1. The van der Waals surface area contributed by atoms with E-state index in [2.05, 4.69) is 45.6 Å². The van der Waals surface area contributed by atoms with Gasteiger partial charge in [0.15, 0.2) is 17.0 Å². The maximum Gasteiger partial charge on any atom is 0.260 e. The van der Waals surface area contributed by atoms with Gasteiger partial charge in [-0.2, -0.15) is 0 Å². The van der Waals surface area contributed by atoms with E-state index >= 15 is 0 Å². The van der Waals surface area contributed by atoms with Crippen LogP contribution in [0.2, 0.25) is 0 Å². The molecule has 0 bridgehead atoms. The summed E-state index contributed by atoms with van der Waals surface area (Å²) in [5, 5.41) is 6.27. The van der Waals surface area contributed by atoms with E-state index in [9.17, 15) is 4.79 Å². The zero-order valence-electron chi connectivity index (χ0n) is 15.3. The highest BCUT2D eigenvalue weighted by Crippen LogP contribution is 2.38. The number of halogens is 1. The molecule has 0 radical (unpaired) electrons. The Kier molecular flexibility index (Phi) is 6.34. The quantitative estimate of drug-likeness (QED) is 0.630. The van der Waals surface area contributed by atoms with Crippen LogP contribution in [0.1, 0.15) is 18.1 Å². The van der Waals surface area contributed by atoms with Gasteiger partial charge in [0.05, 0.1) is 23.6 Å². The Balaban J connectivity index is 1.76. The largest absolute Gasteiger partial charge is 0.493 e. The standard InChI is InChI=1S/C20H21BrN2O3S/c1-4-12-5-7-14(8-6-12)22-20-23-19(24)17(27-20)11-13-9-15(21)18(26-3)16(10-13)25-2/h5-11,20,22H,4H2,1-3H3,(H,23,24)/b17-11+/t20-/m0/s1. The topological polar surface area (TPSA) is 59.6 Å². The lowest BCUT2D eigenvalue weighted by molar-refractivity contribution is -0.116. The Morgan fingerprint density at radius 2 is 1.96 bits per heavy atom. The molecule has 142 valence electrons. The lowest BCUT2D eigenvalue weighted by Crippen LogP contribution is -2.30. The van der Waals surface area contributed by atoms with Crippen LogP contribution in [0.15, 0.2) is 45.8 Å². The SMILES string of the molecule is CCc1ccc(N[C@H]2NC(=O)/C(=C\c3cc(Br)c(OC)c(OC)c3)S2)cc1. The highest BCUT2D eigenvalue weighted by Gasteiger charge is 2.27. The molecule has 3 rings (SSSR count). The molecule has 1 fully saturated rings. The minimum absolute atomic E-state index is 0.103. The second-order valence-corrected chi connectivity index (χ2v) is 7.91. The van der Waals surface area contributed by atoms with Crippen LogP contribution in [-0.4, -0.2) is 25.6 Å². The fourth-order valence-corrected chi connectivity index (χ4v) is 4.33. The Morgan fingerprint density at radius 3 is 2.59 bits per heavy atom. The predicted molar refractivity (Wildman–Crippen MR) is 114 cm³/mol. The van der Waals surface area contributed by atoms with Crippen molar-refractivity contribution >= 4 is 45.4 Å². The number of aryl methyl sites for hydroxylation is 1. The summed E-state index contributed by atoms with van der Waals surface area (Å²) in [6.45, 7) is 2.12. The van der Waals surface area contributed by atoms with E-state index in [1.165, 1.54) is 17.3 Å². The monoisotopic (exact) mass is 448 g/mol. The average Bonchev–Trinajstić information content (AvgIpc) is 3.00. The Hall–Kier alpha value is -2.12. The molecule has 0 aromatic heterocycles. The van der Waals surface area contributed by atoms with E-state index in [-0.39, 0.29) is 11.4 Å². The van der Waals surface area contributed by atoms with E-state index in [1.807, 2.05) is 30.3 Å². The third kappa shape index (κ3) is 4.59. The molecule has 0 aliphatic carbocycles. The number of rotatable bonds is 6. The summed E-state index contributed by atoms with van der Waals surface area (Å²) in [6.07, 6.45) is 2.84. The molecule has 7 heteroatoms. The molecule has 1 atom stereocenters. The van der Waals surface area contributed by atoms with E-state index in [0.717, 1.165) is 22.1 Å². The second kappa shape index (κ2) is 8.71. The molecule has 2 N–H and O–H groups in total. The number of benzene rings is 2. The predicted octanol–water partition coefficient (Wildman–Crippen LogP) is 4.63. The first-order chi connectivity index (χ1) is 13.0. The summed E-state index contributed by atoms with van der Waals surface area (Å²) in [7, 11) is 3.17. The second-order valence-electron chi connectivity index (χ2n) is 5.91. The molecule has 5 nitrogen and oxygen atoms in total. The van der Waals surface area contributed by atoms with E-state index in [0.29, 0.717) is 16.4 Å². The smallest absolute Gasteiger partial charge is 0.260 e. The summed E-state index contributed by atoms with van der Waals surface area (Å²) in [5.74, 6) is 1.12. The van der Waals surface area contributed by atoms with Gasteiger partial charge < -0.3 is 20.1 Å². The maximum absolute atomic E-state index is 12.3. The van der Waals surface area contributed by atoms with Gasteiger partial charge in [-0.1, -0.05) is 30.8 Å². The van der Waals surface area contributed by atoms with Gasteiger partial charge in [-0.3, -0.25) is 4.79 Å². The van der Waals surface area contributed by atoms with Gasteiger partial charge in [0.2, 0.25) is 0 Å². The molecular weight excluding hydrogens is 428 g/mol. The highest BCUT2D eigenvalue weighted by molar-refractivity contribution is 9.10. The number of carbonyl (C=O) groups is 1. The minimum atomic E-state index is -0.209. The van der Waals surface area contributed by atoms with Gasteiger partial charge >= 0.3 is 0 Å². The van der Waals surface area contributed by atoms with Crippen molar-refractivity contribution < 1.29 is 14.3 Å². The number of carbonyl (C=O) groups excluding carboxylic acids is 1. The molecule has 1 saturated heterocycles. The fourth-order valence-electron chi connectivity index (χ4n) is 2.73. The van der Waals surface area contributed by atoms with Crippen molar-refractivity contribution in [3.05, 3.63) is 56.9 Å².